The van der Waals surface area contributed by atoms with Crippen LogP contribution in [-0.4, -0.2) is 19.7 Å². The molecule has 458 valence electrons. The molecule has 2 spiro atoms. The summed E-state index contributed by atoms with van der Waals surface area (Å²) in [6, 6.07) is 23.1. The van der Waals surface area contributed by atoms with Crippen LogP contribution in [-0.2, 0) is 34.7 Å². The fraction of sp³-hybridized carbons (Fsp3) is 0.400. The zero-order valence-electron chi connectivity index (χ0n) is 49.8. The molecule has 88 heavy (non-hydrogen) atoms. The Balaban J connectivity index is 0.956. The van der Waals surface area contributed by atoms with Crippen LogP contribution in [0.25, 0.3) is 0 Å². The molecule has 18 heteroatoms. The van der Waals surface area contributed by atoms with E-state index in [0.29, 0.717) is 31.0 Å². The number of nitro groups is 4. The first kappa shape index (κ1) is 63.2. The second-order valence-electron chi connectivity index (χ2n) is 25.3. The van der Waals surface area contributed by atoms with Gasteiger partial charge in [0.25, 0.3) is 22.7 Å². The van der Waals surface area contributed by atoms with Crippen LogP contribution in [0.3, 0.4) is 0 Å². The van der Waals surface area contributed by atoms with Gasteiger partial charge in [-0.25, -0.2) is 0 Å². The van der Waals surface area contributed by atoms with Gasteiger partial charge in [-0.15, -0.1) is 0 Å². The van der Waals surface area contributed by atoms with Crippen molar-refractivity contribution in [1.29, 1.82) is 0 Å². The van der Waals surface area contributed by atoms with Crippen LogP contribution in [0.4, 0.5) is 34.1 Å². The first-order valence-electron chi connectivity index (χ1n) is 30.8. The predicted octanol–water partition coefficient (Wildman–Crippen LogP) is 21.2. The Kier molecular flexibility index (Phi) is 18.3. The maximum atomic E-state index is 12.7. The smallest absolute Gasteiger partial charge is 0.285 e. The zero-order valence-corrected chi connectivity index (χ0v) is 56.2. The Morgan fingerprint density at radius 1 is 0.443 bits per heavy atom. The quantitative estimate of drug-likeness (QED) is 0.0524. The van der Waals surface area contributed by atoms with Crippen LogP contribution < -0.4 is 9.80 Å². The number of aryl methyl sites for hydroxylation is 2. The first-order chi connectivity index (χ1) is 42.1. The summed E-state index contributed by atoms with van der Waals surface area (Å²) in [5.41, 5.74) is 12.0. The summed E-state index contributed by atoms with van der Waals surface area (Å²) in [4.78, 5) is 52.6. The summed E-state index contributed by atoms with van der Waals surface area (Å²) in [5.74, 6) is 0. The molecule has 4 fully saturated rings. The fourth-order valence-corrected chi connectivity index (χ4v) is 18.2. The number of nitro benzene ring substituents is 4. The van der Waals surface area contributed by atoms with E-state index in [1.807, 2.05) is 38.1 Å². The highest BCUT2D eigenvalue weighted by Crippen LogP contribution is 2.60. The molecule has 0 unspecified atom stereocenters. The first-order valence-corrected chi connectivity index (χ1v) is 34.0. The average molecular weight is 1440 g/mol. The number of halogens is 4. The lowest BCUT2D eigenvalue weighted by Gasteiger charge is -2.40. The molecule has 5 aromatic rings. The van der Waals surface area contributed by atoms with Crippen LogP contribution in [0.15, 0.2) is 163 Å². The van der Waals surface area contributed by atoms with Gasteiger partial charge in [0, 0.05) is 70.4 Å². The van der Waals surface area contributed by atoms with Crippen molar-refractivity contribution in [3.63, 3.8) is 0 Å². The van der Waals surface area contributed by atoms with Gasteiger partial charge < -0.3 is 9.80 Å². The van der Waals surface area contributed by atoms with Gasteiger partial charge in [-0.1, -0.05) is 139 Å². The van der Waals surface area contributed by atoms with E-state index in [1.54, 1.807) is 24.3 Å². The summed E-state index contributed by atoms with van der Waals surface area (Å²) < 4.78 is 1.80. The predicted molar refractivity (Wildman–Crippen MR) is 363 cm³/mol. The maximum absolute atomic E-state index is 12.7. The third-order valence-corrected chi connectivity index (χ3v) is 23.1. The van der Waals surface area contributed by atoms with Crippen LogP contribution in [0, 0.1) is 54.3 Å². The van der Waals surface area contributed by atoms with Gasteiger partial charge in [0.1, 0.15) is 0 Å². The molecule has 2 aliphatic heterocycles. The van der Waals surface area contributed by atoms with Gasteiger partial charge in [-0.2, -0.15) is 0 Å². The summed E-state index contributed by atoms with van der Waals surface area (Å²) >= 11 is 14.3. The maximum Gasteiger partial charge on any atom is 0.285 e. The van der Waals surface area contributed by atoms with Gasteiger partial charge in [0.15, 0.2) is 0 Å². The second-order valence-corrected chi connectivity index (χ2v) is 28.8. The molecule has 0 aromatic heterocycles. The lowest BCUT2D eigenvalue weighted by atomic mass is 9.64. The molecular formula is C70H72Br4N6O8. The van der Waals surface area contributed by atoms with Crippen molar-refractivity contribution in [1.82, 2.24) is 0 Å². The number of anilines is 2. The normalized spacial score (nSPS) is 20.1. The van der Waals surface area contributed by atoms with Crippen molar-refractivity contribution in [2.75, 3.05) is 9.80 Å². The molecular weight excluding hydrogens is 1370 g/mol. The standard InChI is InChI=1S/C70H72Br4N6O8/c1-45-35-61(77(81)82)55(71)37-51(45)67(27-9-5-10-28-67)47(3)19-17-21-65-69(31-13-7-14-32-69)53-39-57(73)63(79(85)86)41-59(53)75(65)43-49-23-25-50(26-24-49)44-76-60-42-64(80(87)88)58(74)40-54(60)70(33-15-8-16-34-70)66(76)22-18-20-48(4)68(29-11-6-12-30-68)52-38-56(72)62(78(83)84)36-46(52)2/h17-26,35-42H,3-16,27-34,43-44H2,1-2H3/b19-17+,20-18+,65-21+,66-22+. The average Bonchev–Trinajstić information content (AvgIpc) is 1.64. The highest BCUT2D eigenvalue weighted by atomic mass is 79.9. The number of benzene rings is 5. The van der Waals surface area contributed by atoms with Gasteiger partial charge in [-0.3, -0.25) is 40.5 Å². The van der Waals surface area contributed by atoms with Crippen molar-refractivity contribution in [3.8, 4) is 0 Å². The van der Waals surface area contributed by atoms with E-state index in [1.165, 1.54) is 0 Å². The molecule has 5 aromatic carbocycles. The Morgan fingerprint density at radius 3 is 1.03 bits per heavy atom. The summed E-state index contributed by atoms with van der Waals surface area (Å²) in [6.45, 7) is 14.2. The summed E-state index contributed by atoms with van der Waals surface area (Å²) in [5, 5.41) is 49.4. The topological polar surface area (TPSA) is 179 Å². The van der Waals surface area contributed by atoms with Crippen LogP contribution in [0.1, 0.15) is 173 Å². The van der Waals surface area contributed by atoms with Gasteiger partial charge >= 0.3 is 0 Å². The van der Waals surface area contributed by atoms with Crippen LogP contribution in [0.5, 0.6) is 0 Å². The third kappa shape index (κ3) is 11.4. The second kappa shape index (κ2) is 25.5. The van der Waals surface area contributed by atoms with Crippen molar-refractivity contribution < 1.29 is 19.7 Å². The van der Waals surface area contributed by atoms with E-state index >= 15 is 0 Å². The molecule has 0 bridgehead atoms. The van der Waals surface area contributed by atoms with Gasteiger partial charge in [0.2, 0.25) is 0 Å². The fourth-order valence-electron chi connectivity index (χ4n) is 16.3. The molecule has 4 saturated carbocycles. The van der Waals surface area contributed by atoms with E-state index in [9.17, 15) is 40.5 Å². The van der Waals surface area contributed by atoms with Crippen molar-refractivity contribution >= 4 is 97.8 Å². The molecule has 4 aliphatic carbocycles. The molecule has 0 amide bonds. The summed E-state index contributed by atoms with van der Waals surface area (Å²) in [7, 11) is 0. The minimum atomic E-state index is -0.418. The minimum Gasteiger partial charge on any atom is -0.339 e. The summed E-state index contributed by atoms with van der Waals surface area (Å²) in [6.07, 6.45) is 32.3. The van der Waals surface area contributed by atoms with E-state index in [-0.39, 0.29) is 42.4 Å². The van der Waals surface area contributed by atoms with Gasteiger partial charge in [0.05, 0.1) is 49.0 Å². The highest BCUT2D eigenvalue weighted by molar-refractivity contribution is 9.11. The van der Waals surface area contributed by atoms with E-state index < -0.39 is 21.7 Å². The number of allylic oxidation sites excluding steroid dienone is 10. The number of hydrogen-bond donors (Lipinski definition) is 0. The van der Waals surface area contributed by atoms with Crippen LogP contribution >= 0.6 is 63.7 Å². The van der Waals surface area contributed by atoms with E-state index in [4.69, 9.17) is 13.2 Å². The Bertz CT molecular complexity index is 3580. The number of nitrogens with zero attached hydrogens (tertiary/aromatic N) is 6. The lowest BCUT2D eigenvalue weighted by molar-refractivity contribution is -0.385. The molecule has 0 saturated heterocycles. The molecule has 14 nitrogen and oxygen atoms in total. The molecule has 0 atom stereocenters. The zero-order chi connectivity index (χ0) is 62.5. The Labute approximate surface area is 548 Å². The van der Waals surface area contributed by atoms with Crippen molar-refractivity contribution in [2.45, 2.75) is 177 Å². The molecule has 2 heterocycles. The molecule has 6 aliphatic rings. The largest absolute Gasteiger partial charge is 0.339 e. The van der Waals surface area contributed by atoms with E-state index in [0.717, 1.165) is 207 Å². The minimum absolute atomic E-state index is 0.00246. The van der Waals surface area contributed by atoms with Crippen LogP contribution in [0.2, 0.25) is 0 Å². The molecule has 0 N–H and O–H groups in total. The van der Waals surface area contributed by atoms with Gasteiger partial charge in [-0.05, 0) is 221 Å². The number of fused-ring (bicyclic) bond motifs is 4. The Morgan fingerprint density at radius 2 is 0.727 bits per heavy atom. The molecule has 11 rings (SSSR count). The number of hydrogen-bond acceptors (Lipinski definition) is 10. The van der Waals surface area contributed by atoms with E-state index in [2.05, 4.69) is 134 Å². The van der Waals surface area contributed by atoms with Crippen molar-refractivity contribution in [3.05, 3.63) is 248 Å². The highest BCUT2D eigenvalue weighted by Gasteiger charge is 2.51. The van der Waals surface area contributed by atoms with Crippen molar-refractivity contribution in [2.24, 2.45) is 0 Å². The lowest BCUT2D eigenvalue weighted by Crippen LogP contribution is -2.33. The Hall–Kier alpha value is -6.34. The SMILES string of the molecule is C=C(/C=C/C=C1/N(Cc2ccc(CN3/C(=C/C=C/C(=C)C4(c5cc(Br)c([N+](=O)[O-])cc5C)CCCCC4)C4(CCCCC4)c4cc(Br)c([N+](=O)[O-])cc43)cc2)c2cc([N+](=O)[O-])c(Br)cc2C12CCCCC2)C1(c2cc(Br)c([N+](=O)[O-])cc2C)CCCCC1. The third-order valence-electron chi connectivity index (χ3n) is 20.6. The monoisotopic (exact) mass is 1440 g/mol. The molecule has 0 radical (unpaired) electrons. The number of rotatable bonds is 16.